The van der Waals surface area contributed by atoms with E-state index in [0.29, 0.717) is 17.1 Å². The Labute approximate surface area is 182 Å². The van der Waals surface area contributed by atoms with Crippen molar-refractivity contribution >= 4 is 23.1 Å². The molecule has 0 saturated carbocycles. The molecule has 1 N–H and O–H groups in total. The van der Waals surface area contributed by atoms with Crippen molar-refractivity contribution in [2.24, 2.45) is 0 Å². The summed E-state index contributed by atoms with van der Waals surface area (Å²) in [5, 5.41) is 22.2. The van der Waals surface area contributed by atoms with E-state index in [1.54, 1.807) is 36.4 Å². The summed E-state index contributed by atoms with van der Waals surface area (Å²) in [6, 6.07) is 14.4. The van der Waals surface area contributed by atoms with E-state index in [1.807, 2.05) is 0 Å². The number of carbonyl (C=O) groups is 2. The lowest BCUT2D eigenvalue weighted by Gasteiger charge is -2.25. The van der Waals surface area contributed by atoms with Crippen molar-refractivity contribution in [2.45, 2.75) is 12.6 Å². The van der Waals surface area contributed by atoms with E-state index in [2.05, 4.69) is 0 Å². The molecule has 1 saturated heterocycles. The molecule has 1 aliphatic rings. The molecule has 9 nitrogen and oxygen atoms in total. The quantitative estimate of drug-likeness (QED) is 0.206. The van der Waals surface area contributed by atoms with Crippen molar-refractivity contribution in [3.05, 3.63) is 99.5 Å². The van der Waals surface area contributed by atoms with Gasteiger partial charge in [0.25, 0.3) is 17.4 Å². The van der Waals surface area contributed by atoms with Gasteiger partial charge in [0.05, 0.1) is 36.5 Å². The van der Waals surface area contributed by atoms with Crippen LogP contribution >= 0.6 is 0 Å². The number of hydrogen-bond acceptors (Lipinski definition) is 7. The van der Waals surface area contributed by atoms with E-state index in [9.17, 15) is 24.8 Å². The fourth-order valence-corrected chi connectivity index (χ4v) is 3.75. The number of furan rings is 1. The van der Waals surface area contributed by atoms with E-state index in [1.165, 1.54) is 36.5 Å². The Bertz CT molecular complexity index is 1230. The average molecular weight is 434 g/mol. The highest BCUT2D eigenvalue weighted by Crippen LogP contribution is 2.43. The zero-order chi connectivity index (χ0) is 22.8. The molecule has 32 heavy (non-hydrogen) atoms. The van der Waals surface area contributed by atoms with E-state index in [-0.39, 0.29) is 23.4 Å². The minimum absolute atomic E-state index is 0.0218. The van der Waals surface area contributed by atoms with Crippen LogP contribution in [0.3, 0.4) is 0 Å². The molecule has 0 radical (unpaired) electrons. The van der Waals surface area contributed by atoms with Crippen molar-refractivity contribution in [1.82, 2.24) is 4.90 Å². The van der Waals surface area contributed by atoms with Crippen LogP contribution in [0.4, 0.5) is 5.69 Å². The summed E-state index contributed by atoms with van der Waals surface area (Å²) in [6.07, 6.45) is 1.45. The number of nitro benzene ring substituents is 1. The molecule has 162 valence electrons. The molecule has 0 unspecified atom stereocenters. The average Bonchev–Trinajstić information content (AvgIpc) is 3.41. The van der Waals surface area contributed by atoms with Gasteiger partial charge in [0.2, 0.25) is 0 Å². The Kier molecular flexibility index (Phi) is 5.46. The fraction of sp³-hybridized carbons (Fsp3) is 0.130. The summed E-state index contributed by atoms with van der Waals surface area (Å²) in [6.45, 7) is -0.0218. The number of ketones is 1. The number of aliphatic hydroxyl groups excluding tert-OH is 1. The van der Waals surface area contributed by atoms with Crippen LogP contribution in [0.2, 0.25) is 0 Å². The summed E-state index contributed by atoms with van der Waals surface area (Å²) in [5.74, 6) is -1.39. The number of benzene rings is 2. The SMILES string of the molecule is COc1ccccc1[C@@H]1C(=C(O)c2cccc([N+](=O)[O-])c2)C(=O)C(=O)N1Cc1ccco1. The van der Waals surface area contributed by atoms with Crippen molar-refractivity contribution < 1.29 is 28.8 Å². The molecule has 1 aliphatic heterocycles. The zero-order valence-corrected chi connectivity index (χ0v) is 16.9. The first-order chi connectivity index (χ1) is 15.4. The number of nitrogens with zero attached hydrogens (tertiary/aromatic N) is 2. The molecule has 1 fully saturated rings. The minimum Gasteiger partial charge on any atom is -0.507 e. The summed E-state index contributed by atoms with van der Waals surface area (Å²) < 4.78 is 10.8. The second kappa shape index (κ2) is 8.38. The van der Waals surface area contributed by atoms with Gasteiger partial charge in [-0.3, -0.25) is 19.7 Å². The third-order valence-corrected chi connectivity index (χ3v) is 5.21. The Morgan fingerprint density at radius 2 is 1.94 bits per heavy atom. The molecule has 0 spiro atoms. The number of non-ortho nitro benzene ring substituents is 1. The van der Waals surface area contributed by atoms with E-state index in [4.69, 9.17) is 9.15 Å². The summed E-state index contributed by atoms with van der Waals surface area (Å²) in [4.78, 5) is 37.9. The number of hydrogen-bond donors (Lipinski definition) is 1. The predicted octanol–water partition coefficient (Wildman–Crippen LogP) is 3.82. The number of nitro groups is 1. The van der Waals surface area contributed by atoms with Crippen LogP contribution in [0.25, 0.3) is 5.76 Å². The van der Waals surface area contributed by atoms with Crippen molar-refractivity contribution in [3.8, 4) is 5.75 Å². The number of carbonyl (C=O) groups excluding carboxylic acids is 2. The molecule has 0 bridgehead atoms. The molecule has 2 aromatic carbocycles. The van der Waals surface area contributed by atoms with Crippen molar-refractivity contribution in [1.29, 1.82) is 0 Å². The maximum absolute atomic E-state index is 13.0. The molecular weight excluding hydrogens is 416 g/mol. The van der Waals surface area contributed by atoms with Gasteiger partial charge in [0, 0.05) is 23.3 Å². The van der Waals surface area contributed by atoms with E-state index >= 15 is 0 Å². The first kappa shape index (κ1) is 20.9. The van der Waals surface area contributed by atoms with Crippen LogP contribution in [-0.2, 0) is 16.1 Å². The maximum Gasteiger partial charge on any atom is 0.296 e. The van der Waals surface area contributed by atoms with Gasteiger partial charge in [-0.05, 0) is 18.2 Å². The second-order valence-corrected chi connectivity index (χ2v) is 7.06. The highest BCUT2D eigenvalue weighted by atomic mass is 16.6. The van der Waals surface area contributed by atoms with Crippen molar-refractivity contribution in [3.63, 3.8) is 0 Å². The van der Waals surface area contributed by atoms with Gasteiger partial charge in [-0.1, -0.05) is 30.3 Å². The monoisotopic (exact) mass is 434 g/mol. The minimum atomic E-state index is -0.990. The number of Topliss-reactive ketones (excluding diaryl/α,β-unsaturated/α-hetero) is 1. The maximum atomic E-state index is 13.0. The fourth-order valence-electron chi connectivity index (χ4n) is 3.75. The lowest BCUT2D eigenvalue weighted by molar-refractivity contribution is -0.384. The van der Waals surface area contributed by atoms with Gasteiger partial charge in [-0.15, -0.1) is 0 Å². The topological polar surface area (TPSA) is 123 Å². The van der Waals surface area contributed by atoms with Crippen LogP contribution < -0.4 is 4.74 Å². The predicted molar refractivity (Wildman–Crippen MR) is 113 cm³/mol. The number of amides is 1. The molecule has 2 heterocycles. The molecule has 3 aromatic rings. The van der Waals surface area contributed by atoms with Crippen LogP contribution in [-0.4, -0.2) is 33.7 Å². The summed E-state index contributed by atoms with van der Waals surface area (Å²) in [5.41, 5.74) is 0.0853. The highest BCUT2D eigenvalue weighted by molar-refractivity contribution is 6.46. The molecule has 1 aromatic heterocycles. The lowest BCUT2D eigenvalue weighted by Crippen LogP contribution is -2.29. The lowest BCUT2D eigenvalue weighted by atomic mass is 9.94. The Morgan fingerprint density at radius 1 is 1.16 bits per heavy atom. The Morgan fingerprint density at radius 3 is 2.62 bits per heavy atom. The zero-order valence-electron chi connectivity index (χ0n) is 16.9. The number of rotatable bonds is 6. The molecule has 1 atom stereocenters. The smallest absolute Gasteiger partial charge is 0.296 e. The van der Waals surface area contributed by atoms with Gasteiger partial charge >= 0.3 is 0 Å². The number of likely N-dealkylation sites (tertiary alicyclic amines) is 1. The molecule has 0 aliphatic carbocycles. The van der Waals surface area contributed by atoms with Gasteiger partial charge < -0.3 is 19.2 Å². The standard InChI is InChI=1S/C23H18N2O7/c1-31-18-10-3-2-9-17(18)20-19(21(26)14-6-4-7-15(12-14)25(29)30)22(27)23(28)24(20)13-16-8-5-11-32-16/h2-12,20,26H,13H2,1H3/t20-/m1/s1. The number of ether oxygens (including phenoxy) is 1. The molecule has 1 amide bonds. The van der Waals surface area contributed by atoms with Crippen LogP contribution in [0.1, 0.15) is 22.9 Å². The van der Waals surface area contributed by atoms with Gasteiger partial charge in [-0.25, -0.2) is 0 Å². The van der Waals surface area contributed by atoms with Gasteiger partial charge in [0.1, 0.15) is 17.3 Å². The third-order valence-electron chi connectivity index (χ3n) is 5.21. The highest BCUT2D eigenvalue weighted by Gasteiger charge is 2.47. The molecule has 9 heteroatoms. The normalized spacial score (nSPS) is 17.5. The van der Waals surface area contributed by atoms with Crippen LogP contribution in [0.15, 0.2) is 76.9 Å². The summed E-state index contributed by atoms with van der Waals surface area (Å²) in [7, 11) is 1.46. The Hall–Kier alpha value is -4.40. The number of aliphatic hydroxyl groups is 1. The van der Waals surface area contributed by atoms with Crippen LogP contribution in [0.5, 0.6) is 5.75 Å². The second-order valence-electron chi connectivity index (χ2n) is 7.06. The van der Waals surface area contributed by atoms with Crippen LogP contribution in [0, 0.1) is 10.1 Å². The van der Waals surface area contributed by atoms with Gasteiger partial charge in [0.15, 0.2) is 0 Å². The number of para-hydroxylation sites is 1. The van der Waals surface area contributed by atoms with Gasteiger partial charge in [-0.2, -0.15) is 0 Å². The van der Waals surface area contributed by atoms with Crippen molar-refractivity contribution in [2.75, 3.05) is 7.11 Å². The van der Waals surface area contributed by atoms with E-state index < -0.39 is 28.4 Å². The summed E-state index contributed by atoms with van der Waals surface area (Å²) >= 11 is 0. The first-order valence-electron chi connectivity index (χ1n) is 9.61. The third kappa shape index (κ3) is 3.60. The van der Waals surface area contributed by atoms with E-state index in [0.717, 1.165) is 6.07 Å². The largest absolute Gasteiger partial charge is 0.507 e. The molecule has 4 rings (SSSR count). The first-order valence-corrected chi connectivity index (χ1v) is 9.61. The Balaban J connectivity index is 1.92. The molecular formula is C23H18N2O7. The number of methoxy groups -OCH3 is 1.